The van der Waals surface area contributed by atoms with Gasteiger partial charge in [0, 0.05) is 23.4 Å². The third kappa shape index (κ3) is 6.05. The van der Waals surface area contributed by atoms with E-state index in [1.807, 2.05) is 4.90 Å². The van der Waals surface area contributed by atoms with Gasteiger partial charge < -0.3 is 19.1 Å². The minimum atomic E-state index is -0.367. The number of carbonyl (C=O) groups is 2. The monoisotopic (exact) mass is 517 g/mol. The molecule has 1 aliphatic heterocycles. The molecular weight excluding hydrogens is 474 g/mol. The van der Waals surface area contributed by atoms with Gasteiger partial charge in [0.2, 0.25) is 5.91 Å². The van der Waals surface area contributed by atoms with E-state index in [1.165, 1.54) is 24.0 Å². The molecule has 7 heteroatoms. The van der Waals surface area contributed by atoms with Crippen LogP contribution < -0.4 is 4.90 Å². The molecule has 0 radical (unpaired) electrons. The molecule has 200 valence electrons. The first-order chi connectivity index (χ1) is 17.1. The number of allylic oxidation sites excluding steroid dienone is 2. The molecule has 2 aliphatic carbocycles. The number of carbonyl (C=O) groups excluding carboxylic acids is 2. The number of amides is 1. The first kappa shape index (κ1) is 27.3. The summed E-state index contributed by atoms with van der Waals surface area (Å²) in [6.07, 6.45) is 8.82. The van der Waals surface area contributed by atoms with Crippen molar-refractivity contribution >= 4 is 28.9 Å². The van der Waals surface area contributed by atoms with Crippen LogP contribution in [0.2, 0.25) is 0 Å². The van der Waals surface area contributed by atoms with Crippen molar-refractivity contribution in [3.8, 4) is 0 Å². The van der Waals surface area contributed by atoms with Gasteiger partial charge >= 0.3 is 5.97 Å². The van der Waals surface area contributed by atoms with E-state index in [-0.39, 0.29) is 47.4 Å². The predicted molar refractivity (Wildman–Crippen MR) is 144 cm³/mol. The van der Waals surface area contributed by atoms with Crippen LogP contribution in [0.5, 0.6) is 0 Å². The molecule has 0 N–H and O–H groups in total. The molecule has 36 heavy (non-hydrogen) atoms. The van der Waals surface area contributed by atoms with Gasteiger partial charge in [0.1, 0.15) is 4.88 Å². The molecule has 2 heterocycles. The lowest BCUT2D eigenvalue weighted by Crippen LogP contribution is -2.48. The van der Waals surface area contributed by atoms with Crippen LogP contribution in [0.1, 0.15) is 94.1 Å². The fourth-order valence-corrected chi connectivity index (χ4v) is 6.94. The smallest absolute Gasteiger partial charge is 0.350 e. The number of esters is 1. The number of thiophene rings is 1. The summed E-state index contributed by atoms with van der Waals surface area (Å²) >= 11 is 1.46. The molecule has 1 aromatic heterocycles. The molecule has 1 saturated carbocycles. The van der Waals surface area contributed by atoms with Gasteiger partial charge in [-0.3, -0.25) is 4.79 Å². The average Bonchev–Trinajstić information content (AvgIpc) is 3.50. The summed E-state index contributed by atoms with van der Waals surface area (Å²) in [4.78, 5) is 30.8. The molecule has 1 saturated heterocycles. The van der Waals surface area contributed by atoms with E-state index in [0.29, 0.717) is 11.5 Å². The third-order valence-corrected chi connectivity index (χ3v) is 9.50. The molecule has 0 spiro atoms. The maximum Gasteiger partial charge on any atom is 0.350 e. The van der Waals surface area contributed by atoms with E-state index < -0.39 is 0 Å². The Hall–Kier alpha value is -1.70. The van der Waals surface area contributed by atoms with Crippen LogP contribution >= 0.6 is 11.3 Å². The Kier molecular flexibility index (Phi) is 8.63. The van der Waals surface area contributed by atoms with Gasteiger partial charge in [0.05, 0.1) is 31.6 Å². The van der Waals surface area contributed by atoms with Crippen molar-refractivity contribution in [1.29, 1.82) is 0 Å². The Morgan fingerprint density at radius 3 is 2.42 bits per heavy atom. The van der Waals surface area contributed by atoms with E-state index in [1.54, 1.807) is 0 Å². The number of hydrogen-bond donors (Lipinski definition) is 0. The number of hydrogen-bond acceptors (Lipinski definition) is 6. The average molecular weight is 518 g/mol. The summed E-state index contributed by atoms with van der Waals surface area (Å²) in [5.41, 5.74) is 1.95. The topological polar surface area (TPSA) is 65.1 Å². The number of ether oxygens (including phenoxy) is 3. The molecule has 1 amide bonds. The van der Waals surface area contributed by atoms with Crippen LogP contribution in [0.4, 0.5) is 5.69 Å². The molecule has 1 aromatic rings. The summed E-state index contributed by atoms with van der Waals surface area (Å²) in [6, 6.07) is 2.11. The van der Waals surface area contributed by atoms with E-state index in [0.717, 1.165) is 62.1 Å². The summed E-state index contributed by atoms with van der Waals surface area (Å²) in [6.45, 7) is 12.2. The fraction of sp³-hybridized carbons (Fsp3) is 0.724. The molecular formula is C29H43NO5S. The standard InChI is InChI=1S/C29H43NO5S/c1-18-7-12-23(19(2)15-18)27(31)30(20-8-10-21(11-9-20)35-22-13-14-34-17-22)24-16-25(29(3,4)5)36-26(24)28(32)33-6/h7,16,19-23H,8-15,17H2,1-6H3/t19-,20-,21-,22-,23?/m0/s1. The van der Waals surface area contributed by atoms with Gasteiger partial charge in [-0.2, -0.15) is 0 Å². The zero-order valence-electron chi connectivity index (χ0n) is 22.8. The van der Waals surface area contributed by atoms with Crippen molar-refractivity contribution < 1.29 is 23.8 Å². The highest BCUT2D eigenvalue weighted by Crippen LogP contribution is 2.42. The third-order valence-electron chi connectivity index (χ3n) is 7.97. The van der Waals surface area contributed by atoms with Crippen molar-refractivity contribution in [3.05, 3.63) is 27.5 Å². The number of methoxy groups -OCH3 is 1. The molecule has 2 fully saturated rings. The van der Waals surface area contributed by atoms with Crippen LogP contribution in [0, 0.1) is 11.8 Å². The summed E-state index contributed by atoms with van der Waals surface area (Å²) in [7, 11) is 1.42. The van der Waals surface area contributed by atoms with E-state index >= 15 is 0 Å². The van der Waals surface area contributed by atoms with Crippen LogP contribution in [-0.2, 0) is 24.4 Å². The Bertz CT molecular complexity index is 963. The number of rotatable bonds is 6. The molecule has 0 bridgehead atoms. The molecule has 3 aliphatic rings. The van der Waals surface area contributed by atoms with Gasteiger partial charge in [0.25, 0.3) is 0 Å². The Morgan fingerprint density at radius 1 is 1.11 bits per heavy atom. The number of anilines is 1. The highest BCUT2D eigenvalue weighted by molar-refractivity contribution is 7.14. The van der Waals surface area contributed by atoms with Gasteiger partial charge in [0.15, 0.2) is 0 Å². The minimum Gasteiger partial charge on any atom is -0.465 e. The molecule has 3 atom stereocenters. The zero-order valence-corrected chi connectivity index (χ0v) is 23.6. The zero-order chi connectivity index (χ0) is 26.0. The predicted octanol–water partition coefficient (Wildman–Crippen LogP) is 6.27. The molecule has 0 aromatic carbocycles. The van der Waals surface area contributed by atoms with Crippen molar-refractivity contribution in [3.63, 3.8) is 0 Å². The van der Waals surface area contributed by atoms with E-state index in [9.17, 15) is 9.59 Å². The second-order valence-electron chi connectivity index (χ2n) is 11.9. The van der Waals surface area contributed by atoms with Gasteiger partial charge in [-0.1, -0.05) is 39.3 Å². The number of nitrogens with zero attached hydrogens (tertiary/aromatic N) is 1. The highest BCUT2D eigenvalue weighted by Gasteiger charge is 2.40. The largest absolute Gasteiger partial charge is 0.465 e. The van der Waals surface area contributed by atoms with Crippen LogP contribution in [0.3, 0.4) is 0 Å². The summed E-state index contributed by atoms with van der Waals surface area (Å²) in [5, 5.41) is 0. The maximum atomic E-state index is 14.3. The van der Waals surface area contributed by atoms with Crippen molar-refractivity contribution in [2.24, 2.45) is 11.8 Å². The Morgan fingerprint density at radius 2 is 1.83 bits per heavy atom. The van der Waals surface area contributed by atoms with Crippen molar-refractivity contribution in [2.45, 2.75) is 103 Å². The minimum absolute atomic E-state index is 0.0437. The van der Waals surface area contributed by atoms with Gasteiger partial charge in [-0.25, -0.2) is 4.79 Å². The molecule has 6 nitrogen and oxygen atoms in total. The Labute approximate surface area is 220 Å². The fourth-order valence-electron chi connectivity index (χ4n) is 5.81. The Balaban J connectivity index is 1.65. The van der Waals surface area contributed by atoms with Gasteiger partial charge in [-0.05, 0) is 69.3 Å². The second kappa shape index (κ2) is 11.4. The van der Waals surface area contributed by atoms with Gasteiger partial charge in [-0.15, -0.1) is 11.3 Å². The quantitative estimate of drug-likeness (QED) is 0.328. The SMILES string of the molecule is COC(=O)c1sc(C(C)(C)C)cc1N(C(=O)C1CC=C(C)C[C@@H]1C)[C@H]1CC[C@H](O[C@H]2CCOC2)CC1. The first-order valence-electron chi connectivity index (χ1n) is 13.5. The first-order valence-corrected chi connectivity index (χ1v) is 14.3. The summed E-state index contributed by atoms with van der Waals surface area (Å²) in [5.74, 6) is -0.0339. The second-order valence-corrected chi connectivity index (χ2v) is 13.0. The van der Waals surface area contributed by atoms with Crippen molar-refractivity contribution in [2.75, 3.05) is 25.2 Å². The van der Waals surface area contributed by atoms with Crippen LogP contribution in [0.15, 0.2) is 17.7 Å². The van der Waals surface area contributed by atoms with Crippen molar-refractivity contribution in [1.82, 2.24) is 0 Å². The molecule has 1 unspecified atom stereocenters. The highest BCUT2D eigenvalue weighted by atomic mass is 32.1. The maximum absolute atomic E-state index is 14.3. The van der Waals surface area contributed by atoms with Crippen LogP contribution in [-0.4, -0.2) is 50.4 Å². The van der Waals surface area contributed by atoms with E-state index in [4.69, 9.17) is 14.2 Å². The normalized spacial score (nSPS) is 29.1. The lowest BCUT2D eigenvalue weighted by Gasteiger charge is -2.40. The lowest BCUT2D eigenvalue weighted by molar-refractivity contribution is -0.124. The van der Waals surface area contributed by atoms with E-state index in [2.05, 4.69) is 46.8 Å². The van der Waals surface area contributed by atoms with Crippen LogP contribution in [0.25, 0.3) is 0 Å². The lowest BCUT2D eigenvalue weighted by atomic mass is 9.79. The molecule has 4 rings (SSSR count). The summed E-state index contributed by atoms with van der Waals surface area (Å²) < 4.78 is 17.0.